The lowest BCUT2D eigenvalue weighted by Crippen LogP contribution is -2.34. The second kappa shape index (κ2) is 5.80. The van der Waals surface area contributed by atoms with Crippen LogP contribution in [0.3, 0.4) is 0 Å². The average molecular weight is 318 g/mol. The number of sulfone groups is 1. The second-order valence-electron chi connectivity index (χ2n) is 5.91. The van der Waals surface area contributed by atoms with E-state index in [1.54, 1.807) is 18.2 Å². The monoisotopic (exact) mass is 318 g/mol. The molecule has 2 aliphatic carbocycles. The Morgan fingerprint density at radius 2 is 1.68 bits per heavy atom. The van der Waals surface area contributed by atoms with Crippen LogP contribution in [0.2, 0.25) is 0 Å². The number of carbonyl (C=O) groups is 2. The molecule has 4 nitrogen and oxygen atoms in total. The third-order valence-corrected chi connectivity index (χ3v) is 6.65. The molecule has 0 aliphatic heterocycles. The zero-order valence-electron chi connectivity index (χ0n) is 12.2. The normalized spacial score (nSPS) is 26.1. The van der Waals surface area contributed by atoms with E-state index in [9.17, 15) is 18.0 Å². The molecule has 0 saturated heterocycles. The van der Waals surface area contributed by atoms with Crippen molar-refractivity contribution in [2.45, 2.75) is 42.2 Å². The molecule has 3 rings (SSSR count). The minimum absolute atomic E-state index is 0.0659. The highest BCUT2D eigenvalue weighted by atomic mass is 32.2. The molecule has 2 aliphatic rings. The fourth-order valence-corrected chi connectivity index (χ4v) is 5.31. The predicted octanol–water partition coefficient (Wildman–Crippen LogP) is 2.49. The van der Waals surface area contributed by atoms with Gasteiger partial charge in [0.15, 0.2) is 21.4 Å². The number of ketones is 2. The maximum atomic E-state index is 12.8. The van der Waals surface area contributed by atoms with E-state index in [4.69, 9.17) is 0 Å². The molecule has 1 fully saturated rings. The molecule has 0 heterocycles. The SMILES string of the molecule is O=C1CCCCC[C@@H]2C1=CC(=O)[C@H]2S(=O)(=O)c1ccccc1. The fourth-order valence-electron chi connectivity index (χ4n) is 3.39. The molecular formula is C17H18O4S. The topological polar surface area (TPSA) is 68.3 Å². The minimum atomic E-state index is -3.76. The standard InChI is InChI=1S/C17H18O4S/c18-15-10-6-2-5-9-13-14(15)11-16(19)17(13)22(20,21)12-7-3-1-4-8-12/h1,3-4,7-8,11,13,17H,2,5-6,9-10H2/t13-,17+/m1/s1. The second-order valence-corrected chi connectivity index (χ2v) is 7.98. The first-order valence-corrected chi connectivity index (χ1v) is 9.14. The molecule has 116 valence electrons. The van der Waals surface area contributed by atoms with Gasteiger partial charge in [-0.3, -0.25) is 9.59 Å². The van der Waals surface area contributed by atoms with E-state index in [2.05, 4.69) is 0 Å². The van der Waals surface area contributed by atoms with Gasteiger partial charge in [-0.25, -0.2) is 8.42 Å². The Morgan fingerprint density at radius 3 is 2.41 bits per heavy atom. The highest BCUT2D eigenvalue weighted by Gasteiger charge is 2.46. The van der Waals surface area contributed by atoms with Crippen molar-refractivity contribution in [2.24, 2.45) is 5.92 Å². The molecule has 1 aromatic carbocycles. The third kappa shape index (κ3) is 2.54. The predicted molar refractivity (Wildman–Crippen MR) is 82.1 cm³/mol. The smallest absolute Gasteiger partial charge is 0.189 e. The average Bonchev–Trinajstić information content (AvgIpc) is 2.83. The molecule has 0 bridgehead atoms. The minimum Gasteiger partial charge on any atom is -0.295 e. The Balaban J connectivity index is 2.01. The van der Waals surface area contributed by atoms with Gasteiger partial charge in [-0.15, -0.1) is 0 Å². The van der Waals surface area contributed by atoms with Crippen LogP contribution in [-0.2, 0) is 19.4 Å². The summed E-state index contributed by atoms with van der Waals surface area (Å²) in [5, 5.41) is -1.13. The van der Waals surface area contributed by atoms with Gasteiger partial charge < -0.3 is 0 Å². The molecule has 0 amide bonds. The van der Waals surface area contributed by atoms with Crippen molar-refractivity contribution >= 4 is 21.4 Å². The quantitative estimate of drug-likeness (QED) is 0.840. The first-order valence-electron chi connectivity index (χ1n) is 7.59. The van der Waals surface area contributed by atoms with Gasteiger partial charge in [-0.05, 0) is 31.1 Å². The summed E-state index contributed by atoms with van der Waals surface area (Å²) in [6.45, 7) is 0. The van der Waals surface area contributed by atoms with Crippen molar-refractivity contribution in [1.29, 1.82) is 0 Å². The van der Waals surface area contributed by atoms with E-state index in [1.807, 2.05) is 0 Å². The van der Waals surface area contributed by atoms with Gasteiger partial charge in [-0.1, -0.05) is 31.0 Å². The van der Waals surface area contributed by atoms with Crippen LogP contribution in [0.5, 0.6) is 0 Å². The van der Waals surface area contributed by atoms with Gasteiger partial charge in [0, 0.05) is 17.9 Å². The summed E-state index contributed by atoms with van der Waals surface area (Å²) in [6.07, 6.45) is 4.84. The number of benzene rings is 1. The van der Waals surface area contributed by atoms with Crippen molar-refractivity contribution < 1.29 is 18.0 Å². The fraction of sp³-hybridized carbons (Fsp3) is 0.412. The van der Waals surface area contributed by atoms with Crippen molar-refractivity contribution in [2.75, 3.05) is 0 Å². The van der Waals surface area contributed by atoms with Crippen molar-refractivity contribution in [1.82, 2.24) is 0 Å². The van der Waals surface area contributed by atoms with Gasteiger partial charge in [0.25, 0.3) is 0 Å². The molecule has 2 atom stereocenters. The van der Waals surface area contributed by atoms with E-state index in [-0.39, 0.29) is 10.7 Å². The summed E-state index contributed by atoms with van der Waals surface area (Å²) in [6, 6.07) is 8.03. The summed E-state index contributed by atoms with van der Waals surface area (Å²) in [5.41, 5.74) is 0.425. The third-order valence-electron chi connectivity index (χ3n) is 4.49. The summed E-state index contributed by atoms with van der Waals surface area (Å²) in [4.78, 5) is 24.7. The lowest BCUT2D eigenvalue weighted by atomic mass is 9.87. The molecule has 0 spiro atoms. The maximum Gasteiger partial charge on any atom is 0.189 e. The van der Waals surface area contributed by atoms with Crippen LogP contribution in [0.1, 0.15) is 32.1 Å². The summed E-state index contributed by atoms with van der Waals surface area (Å²) < 4.78 is 25.7. The van der Waals surface area contributed by atoms with Crippen molar-refractivity contribution in [3.63, 3.8) is 0 Å². The zero-order valence-corrected chi connectivity index (χ0v) is 13.0. The van der Waals surface area contributed by atoms with Gasteiger partial charge in [0.1, 0.15) is 5.25 Å². The Bertz CT molecular complexity index is 731. The van der Waals surface area contributed by atoms with E-state index in [0.717, 1.165) is 19.3 Å². The van der Waals surface area contributed by atoms with Crippen molar-refractivity contribution in [3.8, 4) is 0 Å². The lowest BCUT2D eigenvalue weighted by molar-refractivity contribution is -0.116. The number of carbonyl (C=O) groups excluding carboxylic acids is 2. The molecule has 1 aromatic rings. The number of Topliss-reactive ketones (excluding diaryl/α,β-unsaturated/α-hetero) is 1. The van der Waals surface area contributed by atoms with Gasteiger partial charge in [-0.2, -0.15) is 0 Å². The highest BCUT2D eigenvalue weighted by molar-refractivity contribution is 7.93. The van der Waals surface area contributed by atoms with Crippen LogP contribution in [0.25, 0.3) is 0 Å². The van der Waals surface area contributed by atoms with Gasteiger partial charge in [0.2, 0.25) is 0 Å². The number of allylic oxidation sites excluding steroid dienone is 2. The van der Waals surface area contributed by atoms with Gasteiger partial charge >= 0.3 is 0 Å². The molecule has 0 unspecified atom stereocenters. The number of fused-ring (bicyclic) bond motifs is 1. The Labute approximate surface area is 130 Å². The maximum absolute atomic E-state index is 12.8. The number of rotatable bonds is 2. The first-order chi connectivity index (χ1) is 10.5. The Morgan fingerprint density at radius 1 is 0.955 bits per heavy atom. The number of hydrogen-bond acceptors (Lipinski definition) is 4. The van der Waals surface area contributed by atoms with E-state index in [0.29, 0.717) is 18.4 Å². The van der Waals surface area contributed by atoms with E-state index in [1.165, 1.54) is 18.2 Å². The molecule has 0 radical (unpaired) electrons. The van der Waals surface area contributed by atoms with Crippen LogP contribution >= 0.6 is 0 Å². The van der Waals surface area contributed by atoms with E-state index < -0.39 is 26.8 Å². The van der Waals surface area contributed by atoms with Gasteiger partial charge in [0.05, 0.1) is 4.90 Å². The zero-order chi connectivity index (χ0) is 15.7. The highest BCUT2D eigenvalue weighted by Crippen LogP contribution is 2.38. The summed E-state index contributed by atoms with van der Waals surface area (Å²) in [5.74, 6) is -0.992. The summed E-state index contributed by atoms with van der Waals surface area (Å²) in [7, 11) is -3.76. The molecular weight excluding hydrogens is 300 g/mol. The molecule has 0 N–H and O–H groups in total. The van der Waals surface area contributed by atoms with Crippen LogP contribution in [0.15, 0.2) is 46.9 Å². The van der Waals surface area contributed by atoms with Crippen molar-refractivity contribution in [3.05, 3.63) is 42.0 Å². The summed E-state index contributed by atoms with van der Waals surface area (Å²) >= 11 is 0. The van der Waals surface area contributed by atoms with Crippen LogP contribution in [0, 0.1) is 5.92 Å². The van der Waals surface area contributed by atoms with Crippen LogP contribution < -0.4 is 0 Å². The molecule has 1 saturated carbocycles. The molecule has 22 heavy (non-hydrogen) atoms. The largest absolute Gasteiger partial charge is 0.295 e. The first kappa shape index (κ1) is 15.2. The van der Waals surface area contributed by atoms with E-state index >= 15 is 0 Å². The molecule has 5 heteroatoms. The van der Waals surface area contributed by atoms with Crippen LogP contribution in [0.4, 0.5) is 0 Å². The Hall–Kier alpha value is -1.75. The van der Waals surface area contributed by atoms with Crippen LogP contribution in [-0.4, -0.2) is 25.2 Å². The Kier molecular flexibility index (Phi) is 4.00. The lowest BCUT2D eigenvalue weighted by Gasteiger charge is -2.23. The number of hydrogen-bond donors (Lipinski definition) is 0. The molecule has 0 aromatic heterocycles.